The van der Waals surface area contributed by atoms with Gasteiger partial charge in [0.2, 0.25) is 0 Å². The maximum absolute atomic E-state index is 2.33. The van der Waals surface area contributed by atoms with Crippen molar-refractivity contribution in [1.82, 2.24) is 0 Å². The number of hydrogen-bond donors (Lipinski definition) is 0. The van der Waals surface area contributed by atoms with Crippen LogP contribution in [0.3, 0.4) is 0 Å². The normalized spacial score (nSPS) is 15.0. The molecule has 2 aromatic rings. The summed E-state index contributed by atoms with van der Waals surface area (Å²) in [6.07, 6.45) is 11.6. The number of allylic oxidation sites excluding steroid dienone is 8. The minimum atomic E-state index is -0.238. The van der Waals surface area contributed by atoms with Crippen LogP contribution in [0.15, 0.2) is 92.7 Å². The Kier molecular flexibility index (Phi) is 7.53. The van der Waals surface area contributed by atoms with Crippen molar-refractivity contribution in [2.24, 2.45) is 0 Å². The third kappa shape index (κ3) is 4.46. The number of rotatable bonds is 4. The van der Waals surface area contributed by atoms with E-state index in [0.29, 0.717) is 0 Å². The Morgan fingerprint density at radius 3 is 1.36 bits per heavy atom. The summed E-state index contributed by atoms with van der Waals surface area (Å²) in [5, 5.41) is 0. The molecule has 0 atom stereocenters. The topological polar surface area (TPSA) is 0 Å². The molecule has 0 amide bonds. The first-order chi connectivity index (χ1) is 11.4. The van der Waals surface area contributed by atoms with E-state index in [2.05, 4.69) is 85.0 Å². The molecule has 25 heavy (non-hydrogen) atoms. The molecule has 0 aliphatic heterocycles. The van der Waals surface area contributed by atoms with Crippen molar-refractivity contribution < 1.29 is 44.0 Å². The zero-order chi connectivity index (χ0) is 15.5. The summed E-state index contributed by atoms with van der Waals surface area (Å²) >= 11 is -0.238. The molecule has 0 fully saturated rings. The zero-order valence-electron chi connectivity index (χ0n) is 13.8. The van der Waals surface area contributed by atoms with E-state index in [1.54, 1.807) is 7.76 Å². The molecular weight excluding hydrogens is 383 g/mol. The van der Waals surface area contributed by atoms with Crippen LogP contribution >= 0.6 is 0 Å². The van der Waals surface area contributed by atoms with Gasteiger partial charge in [-0.3, -0.25) is 0 Å². The first-order valence-corrected chi connectivity index (χ1v) is 9.65. The van der Waals surface area contributed by atoms with Crippen molar-refractivity contribution in [2.45, 2.75) is 12.8 Å². The average molecular weight is 401 g/mol. The van der Waals surface area contributed by atoms with Gasteiger partial charge in [-0.2, -0.15) is 0 Å². The summed E-state index contributed by atoms with van der Waals surface area (Å²) in [5.41, 5.74) is 5.68. The molecule has 124 valence electrons. The second kappa shape index (κ2) is 9.41. The maximum atomic E-state index is 2.33. The Balaban J connectivity index is 0.00000113. The molecular formula is C22H18Cl2Ti. The number of benzene rings is 2. The van der Waals surface area contributed by atoms with Crippen molar-refractivity contribution in [3.63, 3.8) is 0 Å². The van der Waals surface area contributed by atoms with E-state index in [-0.39, 0.29) is 44.0 Å². The molecule has 0 unspecified atom stereocenters. The summed E-state index contributed by atoms with van der Waals surface area (Å²) in [5.74, 6) is 0. The second-order valence-corrected chi connectivity index (χ2v) is 8.13. The van der Waals surface area contributed by atoms with Crippen LogP contribution in [0.4, 0.5) is 0 Å². The summed E-state index contributed by atoms with van der Waals surface area (Å²) in [4.78, 5) is 0. The van der Waals surface area contributed by atoms with Crippen molar-refractivity contribution in [1.29, 1.82) is 0 Å². The third-order valence-electron chi connectivity index (χ3n) is 4.33. The quantitative estimate of drug-likeness (QED) is 0.624. The fraction of sp³-hybridized carbons (Fsp3) is 0.0909. The van der Waals surface area contributed by atoms with Gasteiger partial charge in [0.25, 0.3) is 0 Å². The standard InChI is InChI=1S/2C11H9.2ClH.Ti/c2*1-2-6-10(7-3-1)11-8-4-5-9-11;;;/h2*1-4,6-8H,5H2;2*1H;/q;;;;+2/p-2. The molecule has 4 rings (SSSR count). The number of halogens is 2. The Morgan fingerprint density at radius 2 is 0.960 bits per heavy atom. The van der Waals surface area contributed by atoms with Crippen LogP contribution in [0.1, 0.15) is 24.0 Å². The van der Waals surface area contributed by atoms with Gasteiger partial charge in [-0.05, 0) is 0 Å². The van der Waals surface area contributed by atoms with Crippen molar-refractivity contribution >= 4 is 11.1 Å². The molecule has 3 heteroatoms. The second-order valence-electron chi connectivity index (χ2n) is 5.85. The fourth-order valence-corrected chi connectivity index (χ4v) is 5.59. The summed E-state index contributed by atoms with van der Waals surface area (Å²) in [6, 6.07) is 21.7. The minimum Gasteiger partial charge on any atom is -1.00 e. The van der Waals surface area contributed by atoms with Crippen LogP contribution in [0, 0.1) is 0 Å². The van der Waals surface area contributed by atoms with Gasteiger partial charge in [0, 0.05) is 0 Å². The van der Waals surface area contributed by atoms with Gasteiger partial charge >= 0.3 is 147 Å². The van der Waals surface area contributed by atoms with Gasteiger partial charge < -0.3 is 24.8 Å². The predicted molar refractivity (Wildman–Crippen MR) is 94.2 cm³/mol. The molecule has 0 nitrogen and oxygen atoms in total. The maximum Gasteiger partial charge on any atom is -1.00 e. The molecule has 0 radical (unpaired) electrons. The van der Waals surface area contributed by atoms with Gasteiger partial charge in [-0.25, -0.2) is 0 Å². The first-order valence-electron chi connectivity index (χ1n) is 8.09. The van der Waals surface area contributed by atoms with Crippen LogP contribution in [0.5, 0.6) is 0 Å². The van der Waals surface area contributed by atoms with Gasteiger partial charge in [-0.1, -0.05) is 0 Å². The molecule has 0 saturated heterocycles. The monoisotopic (exact) mass is 400 g/mol. The van der Waals surface area contributed by atoms with Crippen molar-refractivity contribution in [2.75, 3.05) is 0 Å². The van der Waals surface area contributed by atoms with E-state index in [0.717, 1.165) is 12.8 Å². The van der Waals surface area contributed by atoms with Gasteiger partial charge in [0.05, 0.1) is 0 Å². The molecule has 2 aliphatic rings. The van der Waals surface area contributed by atoms with Crippen LogP contribution in [0.2, 0.25) is 0 Å². The largest absolute Gasteiger partial charge is 1.00 e. The fourth-order valence-electron chi connectivity index (χ4n) is 3.21. The predicted octanol–water partition coefficient (Wildman–Crippen LogP) is -0.181. The molecule has 0 bridgehead atoms. The molecule has 0 saturated carbocycles. The molecule has 0 heterocycles. The Hall–Kier alpha value is -1.31. The zero-order valence-corrected chi connectivity index (χ0v) is 16.8. The molecule has 0 N–H and O–H groups in total. The van der Waals surface area contributed by atoms with E-state index >= 15 is 0 Å². The van der Waals surface area contributed by atoms with Crippen molar-refractivity contribution in [3.05, 3.63) is 104 Å². The molecule has 2 aliphatic carbocycles. The van der Waals surface area contributed by atoms with Crippen LogP contribution in [-0.2, 0) is 19.2 Å². The first kappa shape index (κ1) is 20.0. The number of hydrogen-bond acceptors (Lipinski definition) is 0. The van der Waals surface area contributed by atoms with Crippen LogP contribution < -0.4 is 24.8 Å². The smallest absolute Gasteiger partial charge is 1.00 e. The SMILES string of the molecule is C1=CC(c2ccccc2)=[C]([Ti+2][C]2=C(c3ccccc3)C=CC2)C1.[Cl-].[Cl-]. The third-order valence-corrected chi connectivity index (χ3v) is 6.76. The van der Waals surface area contributed by atoms with E-state index in [1.807, 2.05) is 0 Å². The van der Waals surface area contributed by atoms with Gasteiger partial charge in [0.1, 0.15) is 0 Å². The van der Waals surface area contributed by atoms with E-state index < -0.39 is 0 Å². The van der Waals surface area contributed by atoms with Crippen molar-refractivity contribution in [3.8, 4) is 0 Å². The van der Waals surface area contributed by atoms with Crippen LogP contribution in [-0.4, -0.2) is 0 Å². The average Bonchev–Trinajstić information content (AvgIpc) is 3.26. The van der Waals surface area contributed by atoms with Gasteiger partial charge in [-0.15, -0.1) is 0 Å². The van der Waals surface area contributed by atoms with Gasteiger partial charge in [0.15, 0.2) is 0 Å². The minimum absolute atomic E-state index is 0. The molecule has 0 aromatic heterocycles. The molecule has 0 spiro atoms. The molecule has 2 aromatic carbocycles. The van der Waals surface area contributed by atoms with E-state index in [1.165, 1.54) is 22.3 Å². The Morgan fingerprint density at radius 1 is 0.560 bits per heavy atom. The summed E-state index contributed by atoms with van der Waals surface area (Å²) in [7, 11) is 0. The Labute approximate surface area is 171 Å². The van der Waals surface area contributed by atoms with E-state index in [4.69, 9.17) is 0 Å². The summed E-state index contributed by atoms with van der Waals surface area (Å²) in [6.45, 7) is 0. The summed E-state index contributed by atoms with van der Waals surface area (Å²) < 4.78 is 3.34. The van der Waals surface area contributed by atoms with Crippen LogP contribution in [0.25, 0.3) is 11.1 Å². The Bertz CT molecular complexity index is 759. The van der Waals surface area contributed by atoms with E-state index in [9.17, 15) is 0 Å².